The molecule has 1 nitrogen and oxygen atoms in total. The van der Waals surface area contributed by atoms with Gasteiger partial charge in [0.25, 0.3) is 0 Å². The average Bonchev–Trinajstić information content (AvgIpc) is 1.98. The maximum absolute atomic E-state index is 9.05. The summed E-state index contributed by atoms with van der Waals surface area (Å²) in [5, 5.41) is 9.05. The lowest BCUT2D eigenvalue weighted by molar-refractivity contribution is 0.422. The first-order valence-corrected chi connectivity index (χ1v) is 2.78. The van der Waals surface area contributed by atoms with Crippen molar-refractivity contribution in [3.05, 3.63) is 23.5 Å². The molecule has 1 aliphatic rings. The third kappa shape index (κ3) is 0.641. The van der Waals surface area contributed by atoms with E-state index in [-0.39, 0.29) is 0 Å². The van der Waals surface area contributed by atoms with E-state index in [1.165, 1.54) is 0 Å². The zero-order valence-electron chi connectivity index (χ0n) is 5.07. The van der Waals surface area contributed by atoms with Crippen LogP contribution in [0.1, 0.15) is 19.8 Å². The quantitative estimate of drug-likeness (QED) is 0.506. The van der Waals surface area contributed by atoms with E-state index < -0.39 is 0 Å². The van der Waals surface area contributed by atoms with Crippen molar-refractivity contribution in [3.8, 4) is 0 Å². The minimum atomic E-state index is 0.435. The molecule has 44 valence electrons. The molecule has 0 spiro atoms. The van der Waals surface area contributed by atoms with Crippen LogP contribution in [0.5, 0.6) is 0 Å². The van der Waals surface area contributed by atoms with Crippen LogP contribution in [0.15, 0.2) is 23.5 Å². The summed E-state index contributed by atoms with van der Waals surface area (Å²) in [6, 6.07) is 0. The van der Waals surface area contributed by atoms with Crippen LogP contribution in [0.25, 0.3) is 0 Å². The van der Waals surface area contributed by atoms with E-state index >= 15 is 0 Å². The molecule has 0 aromatic carbocycles. The first kappa shape index (κ1) is 5.42. The van der Waals surface area contributed by atoms with E-state index in [4.69, 9.17) is 5.11 Å². The van der Waals surface area contributed by atoms with Gasteiger partial charge in [-0.3, -0.25) is 0 Å². The molecular formula is C7H10O. The molecule has 0 saturated carbocycles. The topological polar surface area (TPSA) is 20.2 Å². The monoisotopic (exact) mass is 110 g/mol. The third-order valence-corrected chi connectivity index (χ3v) is 1.54. The number of hydrogen-bond acceptors (Lipinski definition) is 1. The summed E-state index contributed by atoms with van der Waals surface area (Å²) in [4.78, 5) is 0. The summed E-state index contributed by atoms with van der Waals surface area (Å²) in [6.07, 6.45) is 1.93. The van der Waals surface area contributed by atoms with Crippen LogP contribution in [0.4, 0.5) is 0 Å². The Morgan fingerprint density at radius 2 is 2.12 bits per heavy atom. The fraction of sp³-hybridized carbons (Fsp3) is 0.429. The Morgan fingerprint density at radius 1 is 1.50 bits per heavy atom. The van der Waals surface area contributed by atoms with E-state index in [0.29, 0.717) is 5.76 Å². The van der Waals surface area contributed by atoms with E-state index in [2.05, 4.69) is 6.58 Å². The predicted octanol–water partition coefficient (Wildman–Crippen LogP) is 2.17. The van der Waals surface area contributed by atoms with Crippen LogP contribution in [0.2, 0.25) is 0 Å². The largest absolute Gasteiger partial charge is 0.508 e. The lowest BCUT2D eigenvalue weighted by Gasteiger charge is -1.90. The molecule has 0 amide bonds. The van der Waals surface area contributed by atoms with Crippen molar-refractivity contribution in [2.24, 2.45) is 0 Å². The molecule has 0 unspecified atom stereocenters. The third-order valence-electron chi connectivity index (χ3n) is 1.54. The second kappa shape index (κ2) is 1.66. The van der Waals surface area contributed by atoms with Crippen molar-refractivity contribution in [2.75, 3.05) is 0 Å². The SMILES string of the molecule is C=C1CCC(C)=C1O. The Bertz CT molecular complexity index is 154. The summed E-state index contributed by atoms with van der Waals surface area (Å²) in [5.41, 5.74) is 1.97. The van der Waals surface area contributed by atoms with Gasteiger partial charge >= 0.3 is 0 Å². The Morgan fingerprint density at radius 3 is 2.25 bits per heavy atom. The average molecular weight is 110 g/mol. The van der Waals surface area contributed by atoms with Gasteiger partial charge in [-0.25, -0.2) is 0 Å². The van der Waals surface area contributed by atoms with Crippen LogP contribution in [0, 0.1) is 0 Å². The highest BCUT2D eigenvalue weighted by atomic mass is 16.3. The molecular weight excluding hydrogens is 100 g/mol. The van der Waals surface area contributed by atoms with Gasteiger partial charge in [0.05, 0.1) is 0 Å². The summed E-state index contributed by atoms with van der Waals surface area (Å²) in [6.45, 7) is 5.62. The molecule has 0 aliphatic heterocycles. The molecule has 0 heterocycles. The van der Waals surface area contributed by atoms with Crippen LogP contribution < -0.4 is 0 Å². The fourth-order valence-corrected chi connectivity index (χ4v) is 0.877. The highest BCUT2D eigenvalue weighted by Crippen LogP contribution is 2.26. The molecule has 8 heavy (non-hydrogen) atoms. The van der Waals surface area contributed by atoms with E-state index in [1.54, 1.807) is 0 Å². The van der Waals surface area contributed by atoms with Crippen LogP contribution in [0.3, 0.4) is 0 Å². The van der Waals surface area contributed by atoms with E-state index in [0.717, 1.165) is 24.0 Å². The molecule has 0 bridgehead atoms. The lowest BCUT2D eigenvalue weighted by atomic mass is 10.2. The van der Waals surface area contributed by atoms with Gasteiger partial charge in [-0.15, -0.1) is 0 Å². The van der Waals surface area contributed by atoms with Crippen molar-refractivity contribution in [1.29, 1.82) is 0 Å². The van der Waals surface area contributed by atoms with E-state index in [9.17, 15) is 0 Å². The lowest BCUT2D eigenvalue weighted by Crippen LogP contribution is -1.76. The number of aliphatic hydroxyl groups is 1. The van der Waals surface area contributed by atoms with Gasteiger partial charge in [0.15, 0.2) is 0 Å². The van der Waals surface area contributed by atoms with Gasteiger partial charge in [-0.1, -0.05) is 6.58 Å². The Balaban J connectivity index is 2.86. The Labute approximate surface area is 49.3 Å². The summed E-state index contributed by atoms with van der Waals surface area (Å²) in [7, 11) is 0. The molecule has 0 fully saturated rings. The molecule has 0 aromatic heterocycles. The summed E-state index contributed by atoms with van der Waals surface area (Å²) < 4.78 is 0. The van der Waals surface area contributed by atoms with Gasteiger partial charge in [-0.05, 0) is 30.9 Å². The van der Waals surface area contributed by atoms with E-state index in [1.807, 2.05) is 6.92 Å². The zero-order chi connectivity index (χ0) is 6.15. The van der Waals surface area contributed by atoms with Crippen molar-refractivity contribution >= 4 is 0 Å². The molecule has 1 N–H and O–H groups in total. The van der Waals surface area contributed by atoms with Gasteiger partial charge in [0, 0.05) is 0 Å². The highest BCUT2D eigenvalue weighted by molar-refractivity contribution is 5.32. The summed E-state index contributed by atoms with van der Waals surface area (Å²) >= 11 is 0. The number of rotatable bonds is 0. The molecule has 1 aliphatic carbocycles. The Hall–Kier alpha value is -0.720. The predicted molar refractivity (Wildman–Crippen MR) is 33.7 cm³/mol. The molecule has 1 rings (SSSR count). The number of allylic oxidation sites excluding steroid dienone is 2. The van der Waals surface area contributed by atoms with Crippen molar-refractivity contribution < 1.29 is 5.11 Å². The van der Waals surface area contributed by atoms with Crippen molar-refractivity contribution in [2.45, 2.75) is 19.8 Å². The van der Waals surface area contributed by atoms with Crippen molar-refractivity contribution in [3.63, 3.8) is 0 Å². The second-order valence-electron chi connectivity index (χ2n) is 2.23. The maximum Gasteiger partial charge on any atom is 0.117 e. The van der Waals surface area contributed by atoms with Crippen LogP contribution in [-0.2, 0) is 0 Å². The standard InChI is InChI=1S/C7H10O/c1-5-3-4-6(2)7(5)8/h8H,1,3-4H2,2H3. The minimum absolute atomic E-state index is 0.435. The highest BCUT2D eigenvalue weighted by Gasteiger charge is 2.11. The molecule has 0 atom stereocenters. The van der Waals surface area contributed by atoms with Gasteiger partial charge in [-0.2, -0.15) is 0 Å². The van der Waals surface area contributed by atoms with Crippen LogP contribution >= 0.6 is 0 Å². The normalized spacial score (nSPS) is 20.4. The van der Waals surface area contributed by atoms with Gasteiger partial charge in [0.1, 0.15) is 5.76 Å². The van der Waals surface area contributed by atoms with Gasteiger partial charge in [0.2, 0.25) is 0 Å². The molecule has 0 radical (unpaired) electrons. The first-order chi connectivity index (χ1) is 3.72. The van der Waals surface area contributed by atoms with Gasteiger partial charge < -0.3 is 5.11 Å². The second-order valence-corrected chi connectivity index (χ2v) is 2.23. The fourth-order valence-electron chi connectivity index (χ4n) is 0.877. The molecule has 0 aromatic rings. The molecule has 0 saturated heterocycles. The smallest absolute Gasteiger partial charge is 0.117 e. The summed E-state index contributed by atoms with van der Waals surface area (Å²) in [5.74, 6) is 0.435. The number of aliphatic hydroxyl groups excluding tert-OH is 1. The Kier molecular flexibility index (Phi) is 1.12. The maximum atomic E-state index is 9.05. The minimum Gasteiger partial charge on any atom is -0.508 e. The zero-order valence-corrected chi connectivity index (χ0v) is 5.07. The molecule has 1 heteroatoms. The first-order valence-electron chi connectivity index (χ1n) is 2.78. The number of hydrogen-bond donors (Lipinski definition) is 1. The van der Waals surface area contributed by atoms with Crippen LogP contribution in [-0.4, -0.2) is 5.11 Å². The van der Waals surface area contributed by atoms with Crippen molar-refractivity contribution in [1.82, 2.24) is 0 Å².